The van der Waals surface area contributed by atoms with Crippen LogP contribution in [0.15, 0.2) is 0 Å². The van der Waals surface area contributed by atoms with Crippen molar-refractivity contribution in [3.05, 3.63) is 0 Å². The summed E-state index contributed by atoms with van der Waals surface area (Å²) in [6, 6.07) is 0.115. The minimum absolute atomic E-state index is 0.115. The molecule has 0 spiro atoms. The van der Waals surface area contributed by atoms with E-state index in [-0.39, 0.29) is 6.04 Å². The third-order valence-corrected chi connectivity index (χ3v) is 7.39. The van der Waals surface area contributed by atoms with E-state index >= 15 is 0 Å². The van der Waals surface area contributed by atoms with Crippen LogP contribution in [0.4, 0.5) is 0 Å². The van der Waals surface area contributed by atoms with Crippen LogP contribution in [0, 0.1) is 5.92 Å². The zero-order chi connectivity index (χ0) is 15.3. The molecule has 0 aromatic rings. The van der Waals surface area contributed by atoms with Crippen molar-refractivity contribution >= 4 is 22.0 Å². The van der Waals surface area contributed by atoms with E-state index in [2.05, 4.69) is 17.0 Å². The van der Waals surface area contributed by atoms with Crippen LogP contribution in [0.2, 0.25) is 0 Å². The number of nitrogens with zero attached hydrogens (tertiary/aromatic N) is 1. The van der Waals surface area contributed by atoms with Crippen LogP contribution < -0.4 is 10.0 Å². The van der Waals surface area contributed by atoms with Gasteiger partial charge in [-0.05, 0) is 50.9 Å². The van der Waals surface area contributed by atoms with Gasteiger partial charge in [0.1, 0.15) is 0 Å². The quantitative estimate of drug-likeness (QED) is 0.739. The van der Waals surface area contributed by atoms with Crippen molar-refractivity contribution in [3.8, 4) is 0 Å². The molecule has 21 heavy (non-hydrogen) atoms. The topological polar surface area (TPSA) is 61.4 Å². The molecule has 5 nitrogen and oxygen atoms in total. The minimum atomic E-state index is -3.33. The maximum absolute atomic E-state index is 12.6. The monoisotopic (exact) mass is 335 g/mol. The van der Waals surface area contributed by atoms with E-state index in [0.29, 0.717) is 24.3 Å². The maximum Gasteiger partial charge on any atom is 0.279 e. The average Bonchev–Trinajstić information content (AvgIpc) is 2.87. The Balaban J connectivity index is 1.94. The Morgan fingerprint density at radius 1 is 1.24 bits per heavy atom. The summed E-state index contributed by atoms with van der Waals surface area (Å²) in [6.45, 7) is 4.34. The second-order valence-electron chi connectivity index (χ2n) is 6.08. The first kappa shape index (κ1) is 17.5. The third-order valence-electron chi connectivity index (χ3n) is 4.45. The first-order chi connectivity index (χ1) is 10.1. The van der Waals surface area contributed by atoms with Crippen LogP contribution in [0.25, 0.3) is 0 Å². The second-order valence-corrected chi connectivity index (χ2v) is 9.30. The standard InChI is InChI=1S/C14H29N3O2S2/c1-3-20-14-8-4-7-13(14)16-21(18,19)17-9-5-6-12(11-17)10-15-2/h12-16H,3-11H2,1-2H3. The van der Waals surface area contributed by atoms with Gasteiger partial charge >= 0.3 is 0 Å². The van der Waals surface area contributed by atoms with Gasteiger partial charge in [-0.25, -0.2) is 0 Å². The highest BCUT2D eigenvalue weighted by Gasteiger charge is 2.34. The summed E-state index contributed by atoms with van der Waals surface area (Å²) in [7, 11) is -1.40. The molecule has 3 atom stereocenters. The zero-order valence-corrected chi connectivity index (χ0v) is 14.8. The Kier molecular flexibility index (Phi) is 6.80. The van der Waals surface area contributed by atoms with Gasteiger partial charge in [-0.2, -0.15) is 29.2 Å². The second kappa shape index (κ2) is 8.15. The third kappa shape index (κ3) is 4.82. The molecule has 124 valence electrons. The Morgan fingerprint density at radius 3 is 2.76 bits per heavy atom. The SMILES string of the molecule is CCSC1CCCC1NS(=O)(=O)N1CCCC(CNC)C1. The number of hydrogen-bond acceptors (Lipinski definition) is 4. The summed E-state index contributed by atoms with van der Waals surface area (Å²) in [5.41, 5.74) is 0. The molecule has 0 radical (unpaired) electrons. The molecule has 7 heteroatoms. The Bertz CT molecular complexity index is 414. The molecule has 2 aliphatic rings. The number of rotatable bonds is 7. The van der Waals surface area contributed by atoms with E-state index in [1.807, 2.05) is 18.8 Å². The molecule has 0 aromatic carbocycles. The van der Waals surface area contributed by atoms with Gasteiger partial charge in [0.05, 0.1) is 0 Å². The highest BCUT2D eigenvalue weighted by atomic mass is 32.2. The highest BCUT2D eigenvalue weighted by molar-refractivity contribution is 8.00. The maximum atomic E-state index is 12.6. The smallest absolute Gasteiger partial charge is 0.279 e. The molecule has 0 bridgehead atoms. The molecule has 0 amide bonds. The summed E-state index contributed by atoms with van der Waals surface area (Å²) < 4.78 is 29.9. The zero-order valence-electron chi connectivity index (χ0n) is 13.2. The summed E-state index contributed by atoms with van der Waals surface area (Å²) >= 11 is 1.89. The molecular formula is C14H29N3O2S2. The van der Waals surface area contributed by atoms with E-state index in [0.717, 1.165) is 44.4 Å². The molecular weight excluding hydrogens is 306 g/mol. The van der Waals surface area contributed by atoms with E-state index in [1.165, 1.54) is 0 Å². The van der Waals surface area contributed by atoms with Crippen LogP contribution in [0.5, 0.6) is 0 Å². The first-order valence-electron chi connectivity index (χ1n) is 8.10. The van der Waals surface area contributed by atoms with E-state index in [4.69, 9.17) is 0 Å². The van der Waals surface area contributed by atoms with Crippen molar-refractivity contribution in [3.63, 3.8) is 0 Å². The normalized spacial score (nSPS) is 31.6. The van der Waals surface area contributed by atoms with Crippen molar-refractivity contribution in [2.45, 2.75) is 50.3 Å². The predicted octanol–water partition coefficient (Wildman–Crippen LogP) is 1.43. The summed E-state index contributed by atoms with van der Waals surface area (Å²) in [5, 5.41) is 3.61. The van der Waals surface area contributed by atoms with Gasteiger partial charge in [0.2, 0.25) is 0 Å². The van der Waals surface area contributed by atoms with E-state index < -0.39 is 10.2 Å². The summed E-state index contributed by atoms with van der Waals surface area (Å²) in [5.74, 6) is 1.49. The van der Waals surface area contributed by atoms with Crippen LogP contribution in [-0.2, 0) is 10.2 Å². The fourth-order valence-corrected chi connectivity index (χ4v) is 6.32. The molecule has 1 saturated carbocycles. The van der Waals surface area contributed by atoms with Crippen LogP contribution in [0.3, 0.4) is 0 Å². The van der Waals surface area contributed by atoms with Gasteiger partial charge in [0.15, 0.2) is 0 Å². The predicted molar refractivity (Wildman–Crippen MR) is 89.8 cm³/mol. The number of hydrogen-bond donors (Lipinski definition) is 2. The first-order valence-corrected chi connectivity index (χ1v) is 10.6. The van der Waals surface area contributed by atoms with Crippen molar-refractivity contribution < 1.29 is 8.42 Å². The lowest BCUT2D eigenvalue weighted by Gasteiger charge is -2.33. The van der Waals surface area contributed by atoms with Crippen molar-refractivity contribution in [2.24, 2.45) is 5.92 Å². The molecule has 1 aliphatic heterocycles. The van der Waals surface area contributed by atoms with Gasteiger partial charge in [-0.3, -0.25) is 0 Å². The Hall–Kier alpha value is 0.180. The minimum Gasteiger partial charge on any atom is -0.319 e. The van der Waals surface area contributed by atoms with Crippen LogP contribution >= 0.6 is 11.8 Å². The fraction of sp³-hybridized carbons (Fsp3) is 1.00. The lowest BCUT2D eigenvalue weighted by Crippen LogP contribution is -2.51. The summed E-state index contributed by atoms with van der Waals surface area (Å²) in [6.07, 6.45) is 5.32. The van der Waals surface area contributed by atoms with Crippen molar-refractivity contribution in [1.82, 2.24) is 14.3 Å². The van der Waals surface area contributed by atoms with Crippen LogP contribution in [0.1, 0.15) is 39.0 Å². The largest absolute Gasteiger partial charge is 0.319 e. The van der Waals surface area contributed by atoms with Crippen LogP contribution in [-0.4, -0.2) is 56.4 Å². The number of thioether (sulfide) groups is 1. The lowest BCUT2D eigenvalue weighted by atomic mass is 10.00. The molecule has 1 heterocycles. The Morgan fingerprint density at radius 2 is 2.05 bits per heavy atom. The fourth-order valence-electron chi connectivity index (χ4n) is 3.44. The average molecular weight is 336 g/mol. The number of nitrogens with one attached hydrogen (secondary N) is 2. The summed E-state index contributed by atoms with van der Waals surface area (Å²) in [4.78, 5) is 0. The van der Waals surface area contributed by atoms with Crippen molar-refractivity contribution in [2.75, 3.05) is 32.4 Å². The molecule has 3 unspecified atom stereocenters. The molecule has 1 aliphatic carbocycles. The van der Waals surface area contributed by atoms with Crippen molar-refractivity contribution in [1.29, 1.82) is 0 Å². The van der Waals surface area contributed by atoms with Gasteiger partial charge < -0.3 is 5.32 Å². The number of piperidine rings is 1. The molecule has 0 aromatic heterocycles. The Labute approximate surface area is 133 Å². The molecule has 1 saturated heterocycles. The van der Waals surface area contributed by atoms with Gasteiger partial charge in [-0.1, -0.05) is 13.3 Å². The lowest BCUT2D eigenvalue weighted by molar-refractivity contribution is 0.259. The molecule has 2 rings (SSSR count). The van der Waals surface area contributed by atoms with E-state index in [1.54, 1.807) is 4.31 Å². The van der Waals surface area contributed by atoms with Gasteiger partial charge in [-0.15, -0.1) is 0 Å². The molecule has 2 fully saturated rings. The van der Waals surface area contributed by atoms with Gasteiger partial charge in [0.25, 0.3) is 10.2 Å². The van der Waals surface area contributed by atoms with E-state index in [9.17, 15) is 8.42 Å². The highest BCUT2D eigenvalue weighted by Crippen LogP contribution is 2.31. The molecule has 2 N–H and O–H groups in total. The van der Waals surface area contributed by atoms with Gasteiger partial charge in [0, 0.05) is 24.4 Å².